The monoisotopic (exact) mass is 651 g/mol. The molecule has 1 unspecified atom stereocenters. The first-order valence-electron chi connectivity index (χ1n) is 15.0. The Labute approximate surface area is 271 Å². The topological polar surface area (TPSA) is 94.5 Å². The van der Waals surface area contributed by atoms with Crippen LogP contribution in [0.5, 0.6) is 11.5 Å². The molecule has 0 saturated carbocycles. The fourth-order valence-corrected chi connectivity index (χ4v) is 5.90. The summed E-state index contributed by atoms with van der Waals surface area (Å²) in [5.74, 6) is 0.138. The van der Waals surface area contributed by atoms with Gasteiger partial charge in [-0.25, -0.2) is 9.59 Å². The highest BCUT2D eigenvalue weighted by molar-refractivity contribution is 6.74. The van der Waals surface area contributed by atoms with Crippen LogP contribution in [0.25, 0.3) is 5.57 Å². The minimum Gasteiger partial charge on any atom is -0.490 e. The first-order valence-corrected chi connectivity index (χ1v) is 18.3. The summed E-state index contributed by atoms with van der Waals surface area (Å²) in [6.45, 7) is 11.7. The van der Waals surface area contributed by atoms with E-state index in [1.807, 2.05) is 54.6 Å². The molecular formula is C35H42ClNO7Si. The van der Waals surface area contributed by atoms with Crippen molar-refractivity contribution >= 4 is 37.6 Å². The minimum atomic E-state index is -2.16. The third kappa shape index (κ3) is 9.12. The van der Waals surface area contributed by atoms with Gasteiger partial charge in [-0.1, -0.05) is 87.0 Å². The summed E-state index contributed by atoms with van der Waals surface area (Å²) in [6, 6.07) is 23.5. The van der Waals surface area contributed by atoms with Gasteiger partial charge in [-0.3, -0.25) is 4.90 Å². The molecule has 45 heavy (non-hydrogen) atoms. The number of rotatable bonds is 12. The SMILES string of the molecule is CC(C)(C)[Si](C)(C)OCC1CC(c2ccc(OCCOc3ccccc3Cl)cc2)=C(C(=O)O)CN1C(=O)OCc1ccccc1. The number of hydrogen-bond donors (Lipinski definition) is 1. The zero-order valence-corrected chi connectivity index (χ0v) is 28.3. The van der Waals surface area contributed by atoms with Crippen LogP contribution in [-0.4, -0.2) is 62.8 Å². The Morgan fingerprint density at radius 3 is 2.22 bits per heavy atom. The molecule has 0 fully saturated rings. The van der Waals surface area contributed by atoms with Gasteiger partial charge in [0, 0.05) is 0 Å². The van der Waals surface area contributed by atoms with Crippen LogP contribution in [0.1, 0.15) is 38.3 Å². The van der Waals surface area contributed by atoms with E-state index >= 15 is 0 Å². The van der Waals surface area contributed by atoms with E-state index in [2.05, 4.69) is 33.9 Å². The van der Waals surface area contributed by atoms with Crippen LogP contribution < -0.4 is 9.47 Å². The zero-order valence-electron chi connectivity index (χ0n) is 26.5. The lowest BCUT2D eigenvalue weighted by Crippen LogP contribution is -2.51. The van der Waals surface area contributed by atoms with Crippen molar-refractivity contribution in [3.05, 3.63) is 101 Å². The smallest absolute Gasteiger partial charge is 0.410 e. The highest BCUT2D eigenvalue weighted by Crippen LogP contribution is 2.38. The van der Waals surface area contributed by atoms with E-state index in [-0.39, 0.29) is 30.4 Å². The third-order valence-corrected chi connectivity index (χ3v) is 13.2. The fourth-order valence-electron chi connectivity index (χ4n) is 4.66. The molecule has 0 saturated heterocycles. The van der Waals surface area contributed by atoms with Gasteiger partial charge in [0.05, 0.1) is 29.8 Å². The lowest BCUT2D eigenvalue weighted by Gasteiger charge is -2.41. The average molecular weight is 652 g/mol. The molecule has 0 radical (unpaired) electrons. The molecule has 1 N–H and O–H groups in total. The highest BCUT2D eigenvalue weighted by Gasteiger charge is 2.40. The van der Waals surface area contributed by atoms with Crippen LogP contribution in [0.4, 0.5) is 4.79 Å². The van der Waals surface area contributed by atoms with Crippen molar-refractivity contribution < 1.29 is 33.3 Å². The summed E-state index contributed by atoms with van der Waals surface area (Å²) in [4.78, 5) is 27.4. The number of carboxylic acid groups (broad SMARTS) is 1. The van der Waals surface area contributed by atoms with Crippen molar-refractivity contribution in [3.8, 4) is 11.5 Å². The van der Waals surface area contributed by atoms with E-state index < -0.39 is 26.4 Å². The molecule has 8 nitrogen and oxygen atoms in total. The van der Waals surface area contributed by atoms with Gasteiger partial charge in [-0.05, 0) is 65.5 Å². The molecule has 3 aromatic carbocycles. The van der Waals surface area contributed by atoms with E-state index in [1.165, 1.54) is 4.90 Å². The maximum atomic E-state index is 13.4. The fraction of sp³-hybridized carbons (Fsp3) is 0.371. The molecule has 0 aliphatic carbocycles. The quantitative estimate of drug-likeness (QED) is 0.156. The van der Waals surface area contributed by atoms with Gasteiger partial charge in [0.15, 0.2) is 8.32 Å². The van der Waals surface area contributed by atoms with E-state index in [1.54, 1.807) is 24.3 Å². The van der Waals surface area contributed by atoms with Crippen molar-refractivity contribution in [2.24, 2.45) is 0 Å². The first-order chi connectivity index (χ1) is 21.4. The van der Waals surface area contributed by atoms with Crippen LogP contribution in [0, 0.1) is 0 Å². The summed E-state index contributed by atoms with van der Waals surface area (Å²) in [5.41, 5.74) is 2.41. The number of para-hydroxylation sites is 1. The van der Waals surface area contributed by atoms with Crippen LogP contribution in [0.3, 0.4) is 0 Å². The van der Waals surface area contributed by atoms with Crippen LogP contribution >= 0.6 is 11.6 Å². The van der Waals surface area contributed by atoms with Gasteiger partial charge in [0.1, 0.15) is 31.3 Å². The van der Waals surface area contributed by atoms with Gasteiger partial charge in [-0.2, -0.15) is 0 Å². The zero-order chi connectivity index (χ0) is 32.6. The molecule has 0 aromatic heterocycles. The predicted molar refractivity (Wildman–Crippen MR) is 178 cm³/mol. The largest absolute Gasteiger partial charge is 0.490 e. The normalized spacial score (nSPS) is 15.5. The van der Waals surface area contributed by atoms with Crippen molar-refractivity contribution in [1.82, 2.24) is 4.90 Å². The van der Waals surface area contributed by atoms with Crippen molar-refractivity contribution in [2.75, 3.05) is 26.4 Å². The van der Waals surface area contributed by atoms with Gasteiger partial charge < -0.3 is 23.7 Å². The van der Waals surface area contributed by atoms with Crippen molar-refractivity contribution in [1.29, 1.82) is 0 Å². The van der Waals surface area contributed by atoms with E-state index in [9.17, 15) is 14.7 Å². The number of carbonyl (C=O) groups excluding carboxylic acids is 1. The molecular weight excluding hydrogens is 610 g/mol. The number of ether oxygens (including phenoxy) is 3. The van der Waals surface area contributed by atoms with E-state index in [4.69, 9.17) is 30.2 Å². The Morgan fingerprint density at radius 1 is 0.933 bits per heavy atom. The second-order valence-electron chi connectivity index (χ2n) is 12.5. The maximum Gasteiger partial charge on any atom is 0.410 e. The Kier molecular flexibility index (Phi) is 11.4. The molecule has 1 aliphatic heterocycles. The molecule has 1 atom stereocenters. The molecule has 3 aromatic rings. The molecule has 0 bridgehead atoms. The van der Waals surface area contributed by atoms with Gasteiger partial charge in [0.2, 0.25) is 0 Å². The number of benzene rings is 3. The number of carbonyl (C=O) groups is 2. The van der Waals surface area contributed by atoms with Crippen LogP contribution in [0.2, 0.25) is 23.2 Å². The second-order valence-corrected chi connectivity index (χ2v) is 17.7. The number of aliphatic carboxylic acids is 1. The van der Waals surface area contributed by atoms with Gasteiger partial charge in [-0.15, -0.1) is 0 Å². The number of halogens is 1. The summed E-state index contributed by atoms with van der Waals surface area (Å²) >= 11 is 6.14. The molecule has 4 rings (SSSR count). The van der Waals surface area contributed by atoms with Crippen LogP contribution in [-0.2, 0) is 20.6 Å². The van der Waals surface area contributed by atoms with Crippen molar-refractivity contribution in [3.63, 3.8) is 0 Å². The van der Waals surface area contributed by atoms with Gasteiger partial charge in [0.25, 0.3) is 0 Å². The molecule has 10 heteroatoms. The van der Waals surface area contributed by atoms with Crippen molar-refractivity contribution in [2.45, 2.75) is 58.0 Å². The average Bonchev–Trinajstić information content (AvgIpc) is 3.01. The number of carboxylic acids is 1. The standard InChI is InChI=1S/C35H42ClNO7Si/c1-35(2,3)45(4,5)44-24-27-21-29(30(33(38)39)22-37(27)34(40)43-23-25-11-7-6-8-12-25)26-15-17-28(18-16-26)41-19-20-42-32-14-10-9-13-31(32)36/h6-18,27H,19-24H2,1-5H3,(H,38,39). The minimum absolute atomic E-state index is 0.0283. The number of hydrogen-bond acceptors (Lipinski definition) is 6. The third-order valence-electron chi connectivity index (χ3n) is 8.36. The maximum absolute atomic E-state index is 13.4. The number of amides is 1. The second kappa shape index (κ2) is 15.0. The summed E-state index contributed by atoms with van der Waals surface area (Å²) < 4.78 is 23.7. The summed E-state index contributed by atoms with van der Waals surface area (Å²) in [6.07, 6.45) is -0.258. The Bertz CT molecular complexity index is 1490. The molecule has 1 amide bonds. The summed E-state index contributed by atoms with van der Waals surface area (Å²) in [7, 11) is -2.16. The lowest BCUT2D eigenvalue weighted by molar-refractivity contribution is -0.133. The van der Waals surface area contributed by atoms with E-state index in [0.29, 0.717) is 41.7 Å². The molecule has 1 aliphatic rings. The Morgan fingerprint density at radius 2 is 1.58 bits per heavy atom. The predicted octanol–water partition coefficient (Wildman–Crippen LogP) is 8.07. The summed E-state index contributed by atoms with van der Waals surface area (Å²) in [5, 5.41) is 10.7. The van der Waals surface area contributed by atoms with Gasteiger partial charge >= 0.3 is 12.1 Å². The molecule has 0 spiro atoms. The molecule has 240 valence electrons. The molecule has 1 heterocycles. The van der Waals surface area contributed by atoms with Crippen LogP contribution in [0.15, 0.2) is 84.4 Å². The number of nitrogens with zero attached hydrogens (tertiary/aromatic N) is 1. The highest BCUT2D eigenvalue weighted by atomic mass is 35.5. The van der Waals surface area contributed by atoms with E-state index in [0.717, 1.165) is 11.1 Å². The Balaban J connectivity index is 1.50. The lowest BCUT2D eigenvalue weighted by atomic mass is 9.89. The first kappa shape index (κ1) is 34.1. The Hall–Kier alpha value is -3.79.